The SMILES string of the molecule is CCCC[C@](C)(N)c1ccccc1.Cl. The van der Waals surface area contributed by atoms with Crippen LogP contribution in [0.4, 0.5) is 0 Å². The minimum Gasteiger partial charge on any atom is -0.322 e. The lowest BCUT2D eigenvalue weighted by Crippen LogP contribution is -2.32. The van der Waals surface area contributed by atoms with Crippen LogP contribution in [0.15, 0.2) is 30.3 Å². The van der Waals surface area contributed by atoms with Gasteiger partial charge < -0.3 is 5.73 Å². The number of unbranched alkanes of at least 4 members (excludes halogenated alkanes) is 1. The average Bonchev–Trinajstić information content (AvgIpc) is 2.16. The van der Waals surface area contributed by atoms with Gasteiger partial charge in [-0.15, -0.1) is 12.4 Å². The smallest absolute Gasteiger partial charge is 0.0381 e. The van der Waals surface area contributed by atoms with E-state index in [-0.39, 0.29) is 17.9 Å². The molecule has 2 heteroatoms. The molecule has 1 nitrogen and oxygen atoms in total. The molecule has 0 unspecified atom stereocenters. The predicted octanol–water partition coefficient (Wildman–Crippen LogP) is 3.47. The van der Waals surface area contributed by atoms with Crippen LogP contribution in [0.5, 0.6) is 0 Å². The first-order valence-corrected chi connectivity index (χ1v) is 5.01. The third-order valence-electron chi connectivity index (χ3n) is 2.48. The Morgan fingerprint density at radius 3 is 2.29 bits per heavy atom. The number of rotatable bonds is 4. The Morgan fingerprint density at radius 1 is 1.21 bits per heavy atom. The molecule has 0 saturated carbocycles. The van der Waals surface area contributed by atoms with Gasteiger partial charge in [0.2, 0.25) is 0 Å². The average molecular weight is 214 g/mol. The molecule has 0 bridgehead atoms. The van der Waals surface area contributed by atoms with Crippen LogP contribution in [-0.2, 0) is 5.54 Å². The molecule has 1 aromatic rings. The summed E-state index contributed by atoms with van der Waals surface area (Å²) in [6.07, 6.45) is 3.47. The van der Waals surface area contributed by atoms with Crippen LogP contribution < -0.4 is 5.73 Å². The highest BCUT2D eigenvalue weighted by molar-refractivity contribution is 5.85. The minimum absolute atomic E-state index is 0. The molecular formula is C12H20ClN. The van der Waals surface area contributed by atoms with E-state index in [1.807, 2.05) is 18.2 Å². The zero-order valence-electron chi connectivity index (χ0n) is 8.99. The van der Waals surface area contributed by atoms with Crippen LogP contribution in [0.25, 0.3) is 0 Å². The lowest BCUT2D eigenvalue weighted by Gasteiger charge is -2.24. The van der Waals surface area contributed by atoms with Gasteiger partial charge in [-0.25, -0.2) is 0 Å². The molecule has 1 aromatic carbocycles. The third-order valence-corrected chi connectivity index (χ3v) is 2.48. The van der Waals surface area contributed by atoms with Crippen LogP contribution >= 0.6 is 12.4 Å². The second kappa shape index (κ2) is 6.05. The topological polar surface area (TPSA) is 26.0 Å². The Kier molecular flexibility index (Phi) is 5.82. The molecule has 1 atom stereocenters. The molecule has 0 aliphatic heterocycles. The van der Waals surface area contributed by atoms with Gasteiger partial charge in [0.25, 0.3) is 0 Å². The van der Waals surface area contributed by atoms with Crippen molar-refractivity contribution in [3.8, 4) is 0 Å². The largest absolute Gasteiger partial charge is 0.322 e. The quantitative estimate of drug-likeness (QED) is 0.815. The maximum atomic E-state index is 6.22. The van der Waals surface area contributed by atoms with Crippen LogP contribution in [0.3, 0.4) is 0 Å². The number of halogens is 1. The Morgan fingerprint density at radius 2 is 1.79 bits per heavy atom. The summed E-state index contributed by atoms with van der Waals surface area (Å²) in [5.74, 6) is 0. The van der Waals surface area contributed by atoms with Crippen molar-refractivity contribution in [3.63, 3.8) is 0 Å². The molecule has 0 heterocycles. The summed E-state index contributed by atoms with van der Waals surface area (Å²) in [6, 6.07) is 10.3. The summed E-state index contributed by atoms with van der Waals surface area (Å²) in [5.41, 5.74) is 7.31. The molecule has 80 valence electrons. The van der Waals surface area contributed by atoms with E-state index < -0.39 is 0 Å². The van der Waals surface area contributed by atoms with Crippen molar-refractivity contribution in [1.29, 1.82) is 0 Å². The van der Waals surface area contributed by atoms with Crippen LogP contribution in [0.2, 0.25) is 0 Å². The van der Waals surface area contributed by atoms with E-state index in [4.69, 9.17) is 5.73 Å². The van der Waals surface area contributed by atoms with Crippen LogP contribution in [-0.4, -0.2) is 0 Å². The molecule has 0 fully saturated rings. The highest BCUT2D eigenvalue weighted by Crippen LogP contribution is 2.23. The number of hydrogen-bond donors (Lipinski definition) is 1. The van der Waals surface area contributed by atoms with Gasteiger partial charge in [0.05, 0.1) is 0 Å². The van der Waals surface area contributed by atoms with E-state index in [0.717, 1.165) is 6.42 Å². The van der Waals surface area contributed by atoms with Crippen molar-refractivity contribution in [1.82, 2.24) is 0 Å². The maximum absolute atomic E-state index is 6.22. The first-order chi connectivity index (χ1) is 6.17. The summed E-state index contributed by atoms with van der Waals surface area (Å²) in [4.78, 5) is 0. The van der Waals surface area contributed by atoms with Crippen molar-refractivity contribution in [3.05, 3.63) is 35.9 Å². The van der Waals surface area contributed by atoms with E-state index >= 15 is 0 Å². The standard InChI is InChI=1S/C12H19N.ClH/c1-3-4-10-12(2,13)11-8-6-5-7-9-11;/h5-9H,3-4,10,13H2,1-2H3;1H/t12-;/m0./s1. The molecule has 14 heavy (non-hydrogen) atoms. The van der Waals surface area contributed by atoms with Gasteiger partial charge in [-0.1, -0.05) is 50.1 Å². The summed E-state index contributed by atoms with van der Waals surface area (Å²) in [5, 5.41) is 0. The third kappa shape index (κ3) is 3.69. The first-order valence-electron chi connectivity index (χ1n) is 5.01. The zero-order valence-corrected chi connectivity index (χ0v) is 9.81. The summed E-state index contributed by atoms with van der Waals surface area (Å²) < 4.78 is 0. The van der Waals surface area contributed by atoms with Crippen LogP contribution in [0, 0.1) is 0 Å². The number of hydrogen-bond acceptors (Lipinski definition) is 1. The summed E-state index contributed by atoms with van der Waals surface area (Å²) in [6.45, 7) is 4.30. The number of nitrogens with two attached hydrogens (primary N) is 1. The van der Waals surface area contributed by atoms with E-state index in [1.54, 1.807) is 0 Å². The second-order valence-corrected chi connectivity index (χ2v) is 3.89. The van der Waals surface area contributed by atoms with E-state index in [0.29, 0.717) is 0 Å². The monoisotopic (exact) mass is 213 g/mol. The van der Waals surface area contributed by atoms with E-state index in [1.165, 1.54) is 18.4 Å². The molecule has 0 aliphatic carbocycles. The highest BCUT2D eigenvalue weighted by Gasteiger charge is 2.19. The Hall–Kier alpha value is -0.530. The summed E-state index contributed by atoms with van der Waals surface area (Å²) in [7, 11) is 0. The van der Waals surface area contributed by atoms with Gasteiger partial charge in [-0.3, -0.25) is 0 Å². The van der Waals surface area contributed by atoms with Crippen molar-refractivity contribution < 1.29 is 0 Å². The van der Waals surface area contributed by atoms with Crippen LogP contribution in [0.1, 0.15) is 38.7 Å². The van der Waals surface area contributed by atoms with Gasteiger partial charge in [-0.2, -0.15) is 0 Å². The summed E-state index contributed by atoms with van der Waals surface area (Å²) >= 11 is 0. The molecule has 0 radical (unpaired) electrons. The maximum Gasteiger partial charge on any atom is 0.0381 e. The zero-order chi connectivity index (χ0) is 9.73. The molecule has 0 aromatic heterocycles. The lowest BCUT2D eigenvalue weighted by molar-refractivity contribution is 0.433. The van der Waals surface area contributed by atoms with Crippen molar-refractivity contribution in [2.24, 2.45) is 5.73 Å². The molecule has 0 saturated heterocycles. The first kappa shape index (κ1) is 13.5. The van der Waals surface area contributed by atoms with Gasteiger partial charge in [0, 0.05) is 5.54 Å². The predicted molar refractivity (Wildman–Crippen MR) is 64.8 cm³/mol. The Labute approximate surface area is 93.1 Å². The minimum atomic E-state index is -0.155. The van der Waals surface area contributed by atoms with Gasteiger partial charge >= 0.3 is 0 Å². The van der Waals surface area contributed by atoms with E-state index in [9.17, 15) is 0 Å². The highest BCUT2D eigenvalue weighted by atomic mass is 35.5. The fourth-order valence-electron chi connectivity index (χ4n) is 1.51. The fraction of sp³-hybridized carbons (Fsp3) is 0.500. The molecule has 2 N–H and O–H groups in total. The van der Waals surface area contributed by atoms with Crippen molar-refractivity contribution in [2.45, 2.75) is 38.6 Å². The number of benzene rings is 1. The Bertz CT molecular complexity index is 244. The molecule has 1 rings (SSSR count). The van der Waals surface area contributed by atoms with Gasteiger partial charge in [0.15, 0.2) is 0 Å². The van der Waals surface area contributed by atoms with E-state index in [2.05, 4.69) is 26.0 Å². The normalized spacial score (nSPS) is 14.2. The Balaban J connectivity index is 0.00000169. The fourth-order valence-corrected chi connectivity index (χ4v) is 1.51. The molecule has 0 spiro atoms. The lowest BCUT2D eigenvalue weighted by atomic mass is 9.88. The van der Waals surface area contributed by atoms with Gasteiger partial charge in [0.1, 0.15) is 0 Å². The molecule has 0 aliphatic rings. The van der Waals surface area contributed by atoms with Gasteiger partial charge in [-0.05, 0) is 18.9 Å². The molecular weight excluding hydrogens is 194 g/mol. The van der Waals surface area contributed by atoms with Crippen molar-refractivity contribution >= 4 is 12.4 Å². The van der Waals surface area contributed by atoms with Crippen molar-refractivity contribution in [2.75, 3.05) is 0 Å². The second-order valence-electron chi connectivity index (χ2n) is 3.89. The molecule has 0 amide bonds.